The molecule has 6 nitrogen and oxygen atoms in total. The maximum absolute atomic E-state index is 13.5. The third-order valence-corrected chi connectivity index (χ3v) is 3.79. The van der Waals surface area contributed by atoms with Crippen LogP contribution in [0.1, 0.15) is 41.4 Å². The number of nitrogens with zero attached hydrogens (tertiary/aromatic N) is 2. The van der Waals surface area contributed by atoms with Crippen LogP contribution in [0.15, 0.2) is 41.8 Å². The summed E-state index contributed by atoms with van der Waals surface area (Å²) >= 11 is 0. The molecular weight excluding hydrogens is 323 g/mol. The van der Waals surface area contributed by atoms with Gasteiger partial charge in [-0.15, -0.1) is 0 Å². The SMILES string of the molecule is CCn1ccc(C(=O)/C(=N/NC)C(=N)c2ccc(F)cc2[C@@H](C)O)c1. The number of Topliss-reactive ketones (excluding diaryl/α,β-unsaturated/α-hetero) is 1. The summed E-state index contributed by atoms with van der Waals surface area (Å²) in [6.07, 6.45) is 2.46. The number of rotatable bonds is 7. The molecule has 0 aliphatic heterocycles. The molecule has 1 heterocycles. The van der Waals surface area contributed by atoms with Crippen molar-refractivity contribution in [3.05, 3.63) is 59.2 Å². The third-order valence-electron chi connectivity index (χ3n) is 3.79. The van der Waals surface area contributed by atoms with Gasteiger partial charge in [0.25, 0.3) is 0 Å². The van der Waals surface area contributed by atoms with Crippen molar-refractivity contribution in [1.29, 1.82) is 5.41 Å². The highest BCUT2D eigenvalue weighted by Crippen LogP contribution is 2.21. The van der Waals surface area contributed by atoms with Crippen molar-refractivity contribution < 1.29 is 14.3 Å². The summed E-state index contributed by atoms with van der Waals surface area (Å²) in [7, 11) is 1.53. The van der Waals surface area contributed by atoms with Gasteiger partial charge in [-0.05, 0) is 43.7 Å². The molecule has 0 aliphatic rings. The number of aliphatic hydroxyl groups is 1. The summed E-state index contributed by atoms with van der Waals surface area (Å²) in [5.74, 6) is -0.946. The first-order chi connectivity index (χ1) is 11.9. The minimum Gasteiger partial charge on any atom is -0.389 e. The first-order valence-electron chi connectivity index (χ1n) is 7.90. The van der Waals surface area contributed by atoms with Crippen LogP contribution in [0.3, 0.4) is 0 Å². The number of carbonyl (C=O) groups is 1. The molecule has 3 N–H and O–H groups in total. The molecule has 1 atom stereocenters. The molecule has 1 aromatic carbocycles. The van der Waals surface area contributed by atoms with Crippen molar-refractivity contribution in [2.45, 2.75) is 26.5 Å². The highest BCUT2D eigenvalue weighted by atomic mass is 19.1. The molecule has 0 amide bonds. The van der Waals surface area contributed by atoms with Gasteiger partial charge in [0.2, 0.25) is 5.78 Å². The van der Waals surface area contributed by atoms with Crippen molar-refractivity contribution in [1.82, 2.24) is 9.99 Å². The lowest BCUT2D eigenvalue weighted by Gasteiger charge is -2.14. The molecule has 0 bridgehead atoms. The highest BCUT2D eigenvalue weighted by Gasteiger charge is 2.24. The lowest BCUT2D eigenvalue weighted by atomic mass is 9.94. The van der Waals surface area contributed by atoms with Crippen molar-refractivity contribution in [2.75, 3.05) is 7.05 Å². The molecule has 0 spiro atoms. The Morgan fingerprint density at radius 2 is 2.16 bits per heavy atom. The Morgan fingerprint density at radius 1 is 1.44 bits per heavy atom. The quantitative estimate of drug-likeness (QED) is 0.409. The average molecular weight is 344 g/mol. The number of benzene rings is 1. The molecule has 2 aromatic rings. The molecule has 0 saturated carbocycles. The molecule has 2 rings (SSSR count). The fourth-order valence-electron chi connectivity index (χ4n) is 2.47. The number of aryl methyl sites for hydroxylation is 1. The largest absolute Gasteiger partial charge is 0.389 e. The van der Waals surface area contributed by atoms with Gasteiger partial charge in [-0.25, -0.2) is 4.39 Å². The molecule has 132 valence electrons. The summed E-state index contributed by atoms with van der Waals surface area (Å²) in [6.45, 7) is 4.14. The van der Waals surface area contributed by atoms with Crippen LogP contribution >= 0.6 is 0 Å². The molecule has 1 aromatic heterocycles. The smallest absolute Gasteiger partial charge is 0.216 e. The summed E-state index contributed by atoms with van der Waals surface area (Å²) in [6, 6.07) is 5.37. The van der Waals surface area contributed by atoms with Crippen molar-refractivity contribution >= 4 is 17.2 Å². The zero-order valence-corrected chi connectivity index (χ0v) is 14.4. The summed E-state index contributed by atoms with van der Waals surface area (Å²) in [5.41, 5.74) is 3.14. The van der Waals surface area contributed by atoms with Gasteiger partial charge >= 0.3 is 0 Å². The Balaban J connectivity index is 2.46. The predicted molar refractivity (Wildman–Crippen MR) is 94.8 cm³/mol. The van der Waals surface area contributed by atoms with Crippen molar-refractivity contribution in [3.63, 3.8) is 0 Å². The zero-order valence-electron chi connectivity index (χ0n) is 14.4. The van der Waals surface area contributed by atoms with E-state index in [0.29, 0.717) is 12.1 Å². The second-order valence-corrected chi connectivity index (χ2v) is 5.53. The lowest BCUT2D eigenvalue weighted by molar-refractivity contribution is 0.106. The van der Waals surface area contributed by atoms with E-state index in [4.69, 9.17) is 5.41 Å². The van der Waals surface area contributed by atoms with Gasteiger partial charge in [0.05, 0.1) is 11.8 Å². The molecule has 0 fully saturated rings. The minimum absolute atomic E-state index is 0.107. The number of aromatic nitrogens is 1. The maximum Gasteiger partial charge on any atom is 0.216 e. The van der Waals surface area contributed by atoms with Gasteiger partial charge in [-0.2, -0.15) is 5.10 Å². The van der Waals surface area contributed by atoms with Crippen molar-refractivity contribution in [2.24, 2.45) is 5.10 Å². The first kappa shape index (κ1) is 18.5. The third kappa shape index (κ3) is 4.00. The predicted octanol–water partition coefficient (Wildman–Crippen LogP) is 2.53. The zero-order chi connectivity index (χ0) is 18.6. The Morgan fingerprint density at radius 3 is 2.72 bits per heavy atom. The van der Waals surface area contributed by atoms with E-state index in [0.717, 1.165) is 6.07 Å². The van der Waals surface area contributed by atoms with E-state index in [1.54, 1.807) is 18.5 Å². The molecule has 25 heavy (non-hydrogen) atoms. The van der Waals surface area contributed by atoms with Gasteiger partial charge in [-0.1, -0.05) is 0 Å². The normalized spacial score (nSPS) is 12.8. The Kier molecular flexibility index (Phi) is 5.82. The number of halogens is 1. The number of hydrazone groups is 1. The second-order valence-electron chi connectivity index (χ2n) is 5.53. The topological polar surface area (TPSA) is 90.5 Å². The molecule has 0 radical (unpaired) electrons. The number of hydrogen-bond acceptors (Lipinski definition) is 5. The highest BCUT2D eigenvalue weighted by molar-refractivity contribution is 6.72. The van der Waals surface area contributed by atoms with E-state index in [9.17, 15) is 14.3 Å². The molecule has 0 aliphatic carbocycles. The van der Waals surface area contributed by atoms with Crippen LogP contribution < -0.4 is 5.43 Å². The van der Waals surface area contributed by atoms with E-state index < -0.39 is 17.7 Å². The maximum atomic E-state index is 13.5. The second kappa shape index (κ2) is 7.85. The van der Waals surface area contributed by atoms with Crippen LogP contribution in [0, 0.1) is 11.2 Å². The first-order valence-corrected chi connectivity index (χ1v) is 7.90. The van der Waals surface area contributed by atoms with E-state index in [-0.39, 0.29) is 22.6 Å². The van der Waals surface area contributed by atoms with Gasteiger partial charge in [0.1, 0.15) is 5.82 Å². The lowest BCUT2D eigenvalue weighted by Crippen LogP contribution is -2.28. The number of aliphatic hydroxyl groups excluding tert-OH is 1. The number of carbonyl (C=O) groups excluding carboxylic acids is 1. The van der Waals surface area contributed by atoms with Gasteiger partial charge in [0.15, 0.2) is 5.71 Å². The summed E-state index contributed by atoms with van der Waals surface area (Å²) < 4.78 is 15.3. The Labute approximate surface area is 145 Å². The van der Waals surface area contributed by atoms with Gasteiger partial charge in [0, 0.05) is 37.1 Å². The average Bonchev–Trinajstić information content (AvgIpc) is 3.07. The summed E-state index contributed by atoms with van der Waals surface area (Å²) in [5, 5.41) is 22.2. The van der Waals surface area contributed by atoms with Crippen molar-refractivity contribution in [3.8, 4) is 0 Å². The Bertz CT molecular complexity index is 824. The molecular formula is C18H21FN4O2. The standard InChI is InChI=1S/C18H21FN4O2/c1-4-23-8-7-12(10-23)18(25)17(22-21-3)16(20)14-6-5-13(19)9-15(14)11(2)24/h5-11,20-21,24H,4H2,1-3H3/b20-16?,22-17+/t11-/m1/s1. The fraction of sp³-hybridized carbons (Fsp3) is 0.278. The molecule has 0 unspecified atom stereocenters. The summed E-state index contributed by atoms with van der Waals surface area (Å²) in [4.78, 5) is 12.8. The number of hydrogen-bond donors (Lipinski definition) is 3. The monoisotopic (exact) mass is 344 g/mol. The molecule has 0 saturated heterocycles. The fourth-order valence-corrected chi connectivity index (χ4v) is 2.47. The van der Waals surface area contributed by atoms with Crippen LogP contribution in [-0.2, 0) is 6.54 Å². The van der Waals surface area contributed by atoms with Gasteiger partial charge in [-0.3, -0.25) is 10.2 Å². The number of nitrogens with one attached hydrogen (secondary N) is 2. The van der Waals surface area contributed by atoms with E-state index >= 15 is 0 Å². The van der Waals surface area contributed by atoms with E-state index in [1.165, 1.54) is 26.1 Å². The Hall–Kier alpha value is -2.80. The van der Waals surface area contributed by atoms with Crippen LogP contribution in [0.25, 0.3) is 0 Å². The van der Waals surface area contributed by atoms with Crippen LogP contribution in [0.4, 0.5) is 4.39 Å². The van der Waals surface area contributed by atoms with Gasteiger partial charge < -0.3 is 15.1 Å². The molecule has 7 heteroatoms. The van der Waals surface area contributed by atoms with Crippen LogP contribution in [0.5, 0.6) is 0 Å². The van der Waals surface area contributed by atoms with E-state index in [1.807, 2.05) is 11.5 Å². The number of ketones is 1. The van der Waals surface area contributed by atoms with Crippen LogP contribution in [0.2, 0.25) is 0 Å². The van der Waals surface area contributed by atoms with Crippen LogP contribution in [-0.4, -0.2) is 33.9 Å². The minimum atomic E-state index is -0.988. The van der Waals surface area contributed by atoms with E-state index in [2.05, 4.69) is 10.5 Å².